The van der Waals surface area contributed by atoms with Crippen molar-refractivity contribution in [1.82, 2.24) is 0 Å². The summed E-state index contributed by atoms with van der Waals surface area (Å²) in [6, 6.07) is 11.0. The number of hydrogen-bond acceptors (Lipinski definition) is 4. The number of anilines is 1. The van der Waals surface area contributed by atoms with E-state index in [1.807, 2.05) is 0 Å². The number of primary amides is 1. The molecule has 1 amide bonds. The maximum atomic E-state index is 12.4. The van der Waals surface area contributed by atoms with Crippen LogP contribution in [0.15, 0.2) is 47.4 Å². The SMILES string of the molecule is Cc1ccc(N)cc1S(=O)(=O)Cc1ccc(C(N)=O)cc1. The monoisotopic (exact) mass is 304 g/mol. The highest BCUT2D eigenvalue weighted by molar-refractivity contribution is 7.90. The third-order valence-electron chi connectivity index (χ3n) is 3.14. The summed E-state index contributed by atoms with van der Waals surface area (Å²) >= 11 is 0. The number of amides is 1. The average molecular weight is 304 g/mol. The van der Waals surface area contributed by atoms with Gasteiger partial charge in [0.2, 0.25) is 5.91 Å². The number of nitrogen functional groups attached to an aromatic ring is 1. The zero-order chi connectivity index (χ0) is 15.6. The van der Waals surface area contributed by atoms with Gasteiger partial charge in [-0.25, -0.2) is 8.42 Å². The molecular formula is C15H16N2O3S. The molecule has 0 saturated carbocycles. The van der Waals surface area contributed by atoms with Gasteiger partial charge in [0.25, 0.3) is 0 Å². The number of hydrogen-bond donors (Lipinski definition) is 2. The highest BCUT2D eigenvalue weighted by atomic mass is 32.2. The molecule has 0 bridgehead atoms. The van der Waals surface area contributed by atoms with Gasteiger partial charge in [-0.1, -0.05) is 18.2 Å². The average Bonchev–Trinajstić information content (AvgIpc) is 2.41. The lowest BCUT2D eigenvalue weighted by Gasteiger charge is -2.09. The number of rotatable bonds is 4. The molecule has 110 valence electrons. The molecule has 0 aliphatic heterocycles. The summed E-state index contributed by atoms with van der Waals surface area (Å²) in [5.41, 5.74) is 12.8. The molecule has 21 heavy (non-hydrogen) atoms. The predicted molar refractivity (Wildman–Crippen MR) is 81.4 cm³/mol. The number of carbonyl (C=O) groups excluding carboxylic acids is 1. The normalized spacial score (nSPS) is 11.3. The second-order valence-electron chi connectivity index (χ2n) is 4.85. The van der Waals surface area contributed by atoms with E-state index in [4.69, 9.17) is 11.5 Å². The van der Waals surface area contributed by atoms with Gasteiger partial charge in [0, 0.05) is 11.3 Å². The first-order valence-electron chi connectivity index (χ1n) is 6.27. The van der Waals surface area contributed by atoms with Gasteiger partial charge in [-0.2, -0.15) is 0 Å². The quantitative estimate of drug-likeness (QED) is 0.838. The van der Waals surface area contributed by atoms with E-state index in [2.05, 4.69) is 0 Å². The molecule has 0 fully saturated rings. The number of aryl methyl sites for hydroxylation is 1. The molecule has 4 N–H and O–H groups in total. The van der Waals surface area contributed by atoms with Gasteiger partial charge in [0.15, 0.2) is 9.84 Å². The molecule has 0 saturated heterocycles. The van der Waals surface area contributed by atoms with Crippen LogP contribution in [0.1, 0.15) is 21.5 Å². The second-order valence-corrected chi connectivity index (χ2v) is 6.80. The third kappa shape index (κ3) is 3.41. The van der Waals surface area contributed by atoms with Crippen molar-refractivity contribution in [2.45, 2.75) is 17.6 Å². The molecule has 0 radical (unpaired) electrons. The van der Waals surface area contributed by atoms with Crippen LogP contribution < -0.4 is 11.5 Å². The summed E-state index contributed by atoms with van der Waals surface area (Å²) < 4.78 is 24.9. The first kappa shape index (κ1) is 15.1. The summed E-state index contributed by atoms with van der Waals surface area (Å²) in [5, 5.41) is 0. The highest BCUT2D eigenvalue weighted by Crippen LogP contribution is 2.22. The van der Waals surface area contributed by atoms with Crippen LogP contribution in [0.4, 0.5) is 5.69 Å². The predicted octanol–water partition coefficient (Wildman–Crippen LogP) is 1.65. The van der Waals surface area contributed by atoms with Gasteiger partial charge in [0.1, 0.15) is 0 Å². The first-order valence-corrected chi connectivity index (χ1v) is 7.92. The lowest BCUT2D eigenvalue weighted by atomic mass is 10.1. The van der Waals surface area contributed by atoms with Gasteiger partial charge in [-0.05, 0) is 42.3 Å². The summed E-state index contributed by atoms with van der Waals surface area (Å²) in [7, 11) is -3.50. The van der Waals surface area contributed by atoms with Crippen LogP contribution in [0, 0.1) is 6.92 Å². The second kappa shape index (κ2) is 5.57. The molecule has 0 unspecified atom stereocenters. The Hall–Kier alpha value is -2.34. The van der Waals surface area contributed by atoms with Crippen molar-refractivity contribution in [3.63, 3.8) is 0 Å². The molecule has 2 rings (SSSR count). The lowest BCUT2D eigenvalue weighted by Crippen LogP contribution is -2.11. The van der Waals surface area contributed by atoms with Crippen molar-refractivity contribution >= 4 is 21.4 Å². The molecule has 5 nitrogen and oxygen atoms in total. The number of carbonyl (C=O) groups is 1. The van der Waals surface area contributed by atoms with Crippen LogP contribution in [0.25, 0.3) is 0 Å². The first-order chi connectivity index (χ1) is 9.79. The molecule has 0 aliphatic rings. The van der Waals surface area contributed by atoms with Gasteiger partial charge in [0.05, 0.1) is 10.6 Å². The van der Waals surface area contributed by atoms with E-state index in [0.29, 0.717) is 22.4 Å². The minimum atomic E-state index is -3.50. The molecule has 0 heterocycles. The van der Waals surface area contributed by atoms with E-state index in [0.717, 1.165) is 0 Å². The summed E-state index contributed by atoms with van der Waals surface area (Å²) in [6.07, 6.45) is 0. The van der Waals surface area contributed by atoms with Gasteiger partial charge in [-0.15, -0.1) is 0 Å². The zero-order valence-corrected chi connectivity index (χ0v) is 12.4. The maximum absolute atomic E-state index is 12.4. The fourth-order valence-corrected chi connectivity index (χ4v) is 3.68. The minimum Gasteiger partial charge on any atom is -0.399 e. The Morgan fingerprint density at radius 2 is 1.71 bits per heavy atom. The minimum absolute atomic E-state index is 0.156. The summed E-state index contributed by atoms with van der Waals surface area (Å²) in [6.45, 7) is 1.72. The van der Waals surface area contributed by atoms with Crippen LogP contribution >= 0.6 is 0 Å². The Morgan fingerprint density at radius 1 is 1.10 bits per heavy atom. The topological polar surface area (TPSA) is 103 Å². The molecular weight excluding hydrogens is 288 g/mol. The Balaban J connectivity index is 2.33. The van der Waals surface area contributed by atoms with Gasteiger partial charge < -0.3 is 11.5 Å². The Bertz CT molecular complexity index is 781. The van der Waals surface area contributed by atoms with E-state index in [9.17, 15) is 13.2 Å². The zero-order valence-electron chi connectivity index (χ0n) is 11.5. The fraction of sp³-hybridized carbons (Fsp3) is 0.133. The Labute approximate surface area is 123 Å². The smallest absolute Gasteiger partial charge is 0.248 e. The Kier molecular flexibility index (Phi) is 3.99. The summed E-state index contributed by atoms with van der Waals surface area (Å²) in [5.74, 6) is -0.702. The maximum Gasteiger partial charge on any atom is 0.248 e. The van der Waals surface area contributed by atoms with E-state index in [1.165, 1.54) is 18.2 Å². The molecule has 6 heteroatoms. The van der Waals surface area contributed by atoms with E-state index in [-0.39, 0.29) is 10.6 Å². The van der Waals surface area contributed by atoms with E-state index < -0.39 is 15.7 Å². The molecule has 2 aromatic carbocycles. The van der Waals surface area contributed by atoms with Crippen LogP contribution in [-0.2, 0) is 15.6 Å². The van der Waals surface area contributed by atoms with Crippen LogP contribution in [0.3, 0.4) is 0 Å². The van der Waals surface area contributed by atoms with Gasteiger partial charge in [-0.3, -0.25) is 4.79 Å². The molecule has 2 aromatic rings. The number of sulfone groups is 1. The van der Waals surface area contributed by atoms with Crippen molar-refractivity contribution in [2.24, 2.45) is 5.73 Å². The van der Waals surface area contributed by atoms with Crippen molar-refractivity contribution in [3.8, 4) is 0 Å². The van der Waals surface area contributed by atoms with Crippen molar-refractivity contribution in [2.75, 3.05) is 5.73 Å². The van der Waals surface area contributed by atoms with E-state index >= 15 is 0 Å². The lowest BCUT2D eigenvalue weighted by molar-refractivity contribution is 0.100. The van der Waals surface area contributed by atoms with Crippen LogP contribution in [0.5, 0.6) is 0 Å². The number of benzene rings is 2. The molecule has 0 spiro atoms. The van der Waals surface area contributed by atoms with Crippen molar-refractivity contribution in [3.05, 3.63) is 59.2 Å². The largest absolute Gasteiger partial charge is 0.399 e. The third-order valence-corrected chi connectivity index (χ3v) is 4.97. The number of nitrogens with two attached hydrogens (primary N) is 2. The van der Waals surface area contributed by atoms with Crippen molar-refractivity contribution in [1.29, 1.82) is 0 Å². The van der Waals surface area contributed by atoms with Crippen molar-refractivity contribution < 1.29 is 13.2 Å². The molecule has 0 aliphatic carbocycles. The van der Waals surface area contributed by atoms with Crippen LogP contribution in [0.2, 0.25) is 0 Å². The standard InChI is InChI=1S/C15H16N2O3S/c1-10-2-7-13(16)8-14(10)21(19,20)9-11-3-5-12(6-4-11)15(17)18/h2-8H,9,16H2,1H3,(H2,17,18). The molecule has 0 aromatic heterocycles. The van der Waals surface area contributed by atoms with Gasteiger partial charge >= 0.3 is 0 Å². The highest BCUT2D eigenvalue weighted by Gasteiger charge is 2.18. The fourth-order valence-electron chi connectivity index (χ4n) is 2.01. The molecule has 0 atom stereocenters. The Morgan fingerprint density at radius 3 is 2.29 bits per heavy atom. The van der Waals surface area contributed by atoms with E-state index in [1.54, 1.807) is 31.2 Å². The van der Waals surface area contributed by atoms with Crippen LogP contribution in [-0.4, -0.2) is 14.3 Å². The summed E-state index contributed by atoms with van der Waals surface area (Å²) in [4.78, 5) is 11.2.